The molecule has 1 aromatic heterocycles. The van der Waals surface area contributed by atoms with E-state index in [2.05, 4.69) is 24.0 Å². The van der Waals surface area contributed by atoms with E-state index in [1.165, 1.54) is 11.1 Å². The molecule has 0 saturated heterocycles. The first kappa shape index (κ1) is 15.0. The van der Waals surface area contributed by atoms with Gasteiger partial charge in [-0.15, -0.1) is 10.2 Å². The smallest absolute Gasteiger partial charge is 0.248 e. The van der Waals surface area contributed by atoms with E-state index in [9.17, 15) is 0 Å². The summed E-state index contributed by atoms with van der Waals surface area (Å²) in [6, 6.07) is 16.1. The minimum atomic E-state index is 0.551. The van der Waals surface area contributed by atoms with Crippen molar-refractivity contribution >= 4 is 0 Å². The van der Waals surface area contributed by atoms with Crippen LogP contribution < -0.4 is 0 Å². The Labute approximate surface area is 125 Å². The Balaban J connectivity index is 0.000000774. The molecule has 0 spiro atoms. The third kappa shape index (κ3) is 3.57. The lowest BCUT2D eigenvalue weighted by Crippen LogP contribution is -1.78. The van der Waals surface area contributed by atoms with Crippen LogP contribution in [0.1, 0.15) is 25.0 Å². The predicted octanol–water partition coefficient (Wildman–Crippen LogP) is 5.05. The number of benzene rings is 2. The van der Waals surface area contributed by atoms with Gasteiger partial charge in [-0.3, -0.25) is 0 Å². The van der Waals surface area contributed by atoms with Gasteiger partial charge in [0, 0.05) is 11.1 Å². The Morgan fingerprint density at radius 1 is 0.619 bits per heavy atom. The van der Waals surface area contributed by atoms with E-state index in [1.807, 2.05) is 62.4 Å². The molecule has 0 radical (unpaired) electrons. The van der Waals surface area contributed by atoms with E-state index in [4.69, 9.17) is 4.42 Å². The summed E-state index contributed by atoms with van der Waals surface area (Å²) in [5.41, 5.74) is 4.30. The molecule has 0 N–H and O–H groups in total. The molecule has 0 aliphatic carbocycles. The molecule has 108 valence electrons. The van der Waals surface area contributed by atoms with Gasteiger partial charge in [0.2, 0.25) is 11.8 Å². The molecule has 3 rings (SSSR count). The van der Waals surface area contributed by atoms with E-state index < -0.39 is 0 Å². The van der Waals surface area contributed by atoms with E-state index in [0.29, 0.717) is 11.8 Å². The van der Waals surface area contributed by atoms with Crippen LogP contribution in [-0.4, -0.2) is 10.2 Å². The predicted molar refractivity (Wildman–Crippen MR) is 86.0 cm³/mol. The van der Waals surface area contributed by atoms with E-state index in [0.717, 1.165) is 11.1 Å². The van der Waals surface area contributed by atoms with Crippen molar-refractivity contribution in [3.63, 3.8) is 0 Å². The number of hydrogen-bond donors (Lipinski definition) is 0. The van der Waals surface area contributed by atoms with Crippen LogP contribution in [0.4, 0.5) is 0 Å². The van der Waals surface area contributed by atoms with Crippen LogP contribution in [0.5, 0.6) is 0 Å². The first-order valence-electron chi connectivity index (χ1n) is 7.20. The first-order valence-corrected chi connectivity index (χ1v) is 7.20. The number of aromatic nitrogens is 2. The monoisotopic (exact) mass is 280 g/mol. The molecule has 0 amide bonds. The van der Waals surface area contributed by atoms with Gasteiger partial charge in [-0.05, 0) is 38.1 Å². The van der Waals surface area contributed by atoms with E-state index in [1.54, 1.807) is 0 Å². The van der Waals surface area contributed by atoms with Crippen LogP contribution in [0.2, 0.25) is 0 Å². The molecule has 3 nitrogen and oxygen atoms in total. The number of nitrogens with zero attached hydrogens (tertiary/aromatic N) is 2. The quantitative estimate of drug-likeness (QED) is 0.659. The maximum absolute atomic E-state index is 5.71. The first-order chi connectivity index (χ1) is 10.2. The second-order valence-corrected chi connectivity index (χ2v) is 4.64. The van der Waals surface area contributed by atoms with Gasteiger partial charge in [0.15, 0.2) is 0 Å². The summed E-state index contributed by atoms with van der Waals surface area (Å²) in [6.45, 7) is 8.10. The largest absolute Gasteiger partial charge is 0.416 e. The summed E-state index contributed by atoms with van der Waals surface area (Å²) in [6.07, 6.45) is 0. The zero-order chi connectivity index (χ0) is 15.2. The molecule has 0 aliphatic rings. The maximum Gasteiger partial charge on any atom is 0.248 e. The summed E-state index contributed by atoms with van der Waals surface area (Å²) < 4.78 is 5.71. The van der Waals surface area contributed by atoms with Crippen molar-refractivity contribution < 1.29 is 4.42 Å². The molecule has 0 saturated carbocycles. The highest BCUT2D eigenvalue weighted by Gasteiger charge is 2.09. The Morgan fingerprint density at radius 2 is 0.952 bits per heavy atom. The molecule has 2 aromatic carbocycles. The molecular weight excluding hydrogens is 260 g/mol. The van der Waals surface area contributed by atoms with E-state index in [-0.39, 0.29) is 0 Å². The second-order valence-electron chi connectivity index (χ2n) is 4.64. The highest BCUT2D eigenvalue weighted by molar-refractivity contribution is 5.58. The summed E-state index contributed by atoms with van der Waals surface area (Å²) in [7, 11) is 0. The third-order valence-electron chi connectivity index (χ3n) is 3.02. The van der Waals surface area contributed by atoms with Crippen molar-refractivity contribution in [2.45, 2.75) is 27.7 Å². The van der Waals surface area contributed by atoms with Gasteiger partial charge in [-0.25, -0.2) is 0 Å². The number of hydrogen-bond acceptors (Lipinski definition) is 3. The third-order valence-corrected chi connectivity index (χ3v) is 3.02. The fraction of sp³-hybridized carbons (Fsp3) is 0.222. The topological polar surface area (TPSA) is 38.9 Å². The zero-order valence-electron chi connectivity index (χ0n) is 12.9. The highest BCUT2D eigenvalue weighted by Crippen LogP contribution is 2.24. The van der Waals surface area contributed by atoms with Gasteiger partial charge in [0.05, 0.1) is 0 Å². The van der Waals surface area contributed by atoms with Crippen LogP contribution in [-0.2, 0) is 0 Å². The Hall–Kier alpha value is -2.42. The second kappa shape index (κ2) is 6.84. The van der Waals surface area contributed by atoms with Gasteiger partial charge < -0.3 is 4.42 Å². The van der Waals surface area contributed by atoms with Crippen LogP contribution in [0.25, 0.3) is 22.9 Å². The van der Waals surface area contributed by atoms with Gasteiger partial charge in [-0.2, -0.15) is 0 Å². The van der Waals surface area contributed by atoms with Crippen LogP contribution in [0.15, 0.2) is 52.9 Å². The van der Waals surface area contributed by atoms with Crippen molar-refractivity contribution in [2.24, 2.45) is 0 Å². The molecule has 0 unspecified atom stereocenters. The fourth-order valence-electron chi connectivity index (χ4n) is 1.85. The van der Waals surface area contributed by atoms with Crippen molar-refractivity contribution in [1.82, 2.24) is 10.2 Å². The molecule has 0 atom stereocenters. The minimum absolute atomic E-state index is 0.551. The van der Waals surface area contributed by atoms with Gasteiger partial charge in [-0.1, -0.05) is 49.2 Å². The SMILES string of the molecule is CC.Cc1ccc(-c2nnc(-c3ccc(C)cc3)o2)cc1. The minimum Gasteiger partial charge on any atom is -0.416 e. The molecule has 0 bridgehead atoms. The average molecular weight is 280 g/mol. The van der Waals surface area contributed by atoms with E-state index >= 15 is 0 Å². The standard InChI is InChI=1S/C16H14N2O.C2H6/c1-11-3-7-13(8-4-11)15-17-18-16(19-15)14-9-5-12(2)6-10-14;1-2/h3-10H,1-2H3;1-2H3. The molecule has 0 fully saturated rings. The summed E-state index contributed by atoms with van der Waals surface area (Å²) in [5.74, 6) is 1.10. The van der Waals surface area contributed by atoms with Crippen molar-refractivity contribution in [1.29, 1.82) is 0 Å². The van der Waals surface area contributed by atoms with Gasteiger partial charge in [0.1, 0.15) is 0 Å². The lowest BCUT2D eigenvalue weighted by atomic mass is 10.1. The molecule has 3 heteroatoms. The molecule has 3 aromatic rings. The lowest BCUT2D eigenvalue weighted by Gasteiger charge is -1.96. The Kier molecular flexibility index (Phi) is 4.88. The zero-order valence-corrected chi connectivity index (χ0v) is 12.9. The molecule has 1 heterocycles. The van der Waals surface area contributed by atoms with Gasteiger partial charge >= 0.3 is 0 Å². The Bertz CT molecular complexity index is 622. The molecule has 0 aliphatic heterocycles. The molecule has 21 heavy (non-hydrogen) atoms. The number of rotatable bonds is 2. The van der Waals surface area contributed by atoms with Crippen LogP contribution in [0.3, 0.4) is 0 Å². The summed E-state index contributed by atoms with van der Waals surface area (Å²) in [5, 5.41) is 8.20. The summed E-state index contributed by atoms with van der Waals surface area (Å²) in [4.78, 5) is 0. The molecular formula is C18H20N2O. The van der Waals surface area contributed by atoms with Crippen LogP contribution >= 0.6 is 0 Å². The average Bonchev–Trinajstić information content (AvgIpc) is 3.01. The highest BCUT2D eigenvalue weighted by atomic mass is 16.4. The Morgan fingerprint density at radius 3 is 1.29 bits per heavy atom. The fourth-order valence-corrected chi connectivity index (χ4v) is 1.85. The summed E-state index contributed by atoms with van der Waals surface area (Å²) >= 11 is 0. The lowest BCUT2D eigenvalue weighted by molar-refractivity contribution is 0.584. The van der Waals surface area contributed by atoms with Crippen molar-refractivity contribution in [2.75, 3.05) is 0 Å². The maximum atomic E-state index is 5.71. The van der Waals surface area contributed by atoms with Crippen molar-refractivity contribution in [3.05, 3.63) is 59.7 Å². The van der Waals surface area contributed by atoms with Crippen LogP contribution in [0, 0.1) is 13.8 Å². The normalized spacial score (nSPS) is 9.90. The number of aryl methyl sites for hydroxylation is 2. The van der Waals surface area contributed by atoms with Crippen molar-refractivity contribution in [3.8, 4) is 22.9 Å². The van der Waals surface area contributed by atoms with Gasteiger partial charge in [0.25, 0.3) is 0 Å².